The van der Waals surface area contributed by atoms with E-state index in [9.17, 15) is 4.39 Å². The largest absolute Gasteiger partial charge is 0.394 e. The van der Waals surface area contributed by atoms with Gasteiger partial charge in [0.15, 0.2) is 0 Å². The number of aromatic nitrogens is 3. The van der Waals surface area contributed by atoms with Crippen molar-refractivity contribution in [2.45, 2.75) is 20.0 Å². The molecular formula is C12H15FN4O. The highest BCUT2D eigenvalue weighted by atomic mass is 19.1. The van der Waals surface area contributed by atoms with Crippen molar-refractivity contribution in [1.29, 1.82) is 0 Å². The zero-order valence-corrected chi connectivity index (χ0v) is 10.1. The fourth-order valence-corrected chi connectivity index (χ4v) is 1.58. The first-order chi connectivity index (χ1) is 8.69. The highest BCUT2D eigenvalue weighted by molar-refractivity contribution is 5.46. The molecule has 1 aromatic heterocycles. The third kappa shape index (κ3) is 3.04. The number of nitrogens with one attached hydrogen (secondary N) is 1. The number of nitrogens with zero attached hydrogens (tertiary/aromatic N) is 3. The minimum absolute atomic E-state index is 0.0351. The molecule has 5 nitrogen and oxygen atoms in total. The fraction of sp³-hybridized carbons (Fsp3) is 0.333. The van der Waals surface area contributed by atoms with Crippen LogP contribution >= 0.6 is 0 Å². The molecule has 2 N–H and O–H groups in total. The van der Waals surface area contributed by atoms with Crippen LogP contribution in [0.15, 0.2) is 24.4 Å². The summed E-state index contributed by atoms with van der Waals surface area (Å²) in [4.78, 5) is 0. The van der Waals surface area contributed by atoms with E-state index in [2.05, 4.69) is 15.6 Å². The number of rotatable bonds is 5. The Morgan fingerprint density at radius 2 is 2.28 bits per heavy atom. The van der Waals surface area contributed by atoms with E-state index in [0.717, 1.165) is 11.4 Å². The van der Waals surface area contributed by atoms with Gasteiger partial charge in [0.25, 0.3) is 0 Å². The Labute approximate surface area is 104 Å². The number of aliphatic hydroxyl groups is 1. The van der Waals surface area contributed by atoms with Crippen LogP contribution in [0.3, 0.4) is 0 Å². The standard InChI is InChI=1S/C12H15FN4O/c1-9-6-10(2-3-12(9)13)14-7-11-8-17(4-5-18)16-15-11/h2-3,6,8,14,18H,4-5,7H2,1H3. The topological polar surface area (TPSA) is 63.0 Å². The van der Waals surface area contributed by atoms with Gasteiger partial charge < -0.3 is 10.4 Å². The monoisotopic (exact) mass is 250 g/mol. The molecule has 0 unspecified atom stereocenters. The Morgan fingerprint density at radius 1 is 1.44 bits per heavy atom. The zero-order chi connectivity index (χ0) is 13.0. The number of hydrogen-bond donors (Lipinski definition) is 2. The van der Waals surface area contributed by atoms with Crippen LogP contribution in [0.2, 0.25) is 0 Å². The first kappa shape index (κ1) is 12.5. The maximum atomic E-state index is 13.1. The summed E-state index contributed by atoms with van der Waals surface area (Å²) in [6.45, 7) is 2.70. The van der Waals surface area contributed by atoms with Gasteiger partial charge in [0.1, 0.15) is 11.5 Å². The summed E-state index contributed by atoms with van der Waals surface area (Å²) in [7, 11) is 0. The van der Waals surface area contributed by atoms with Gasteiger partial charge in [-0.25, -0.2) is 9.07 Å². The van der Waals surface area contributed by atoms with Crippen LogP contribution < -0.4 is 5.32 Å². The van der Waals surface area contributed by atoms with Crippen molar-refractivity contribution in [2.75, 3.05) is 11.9 Å². The zero-order valence-electron chi connectivity index (χ0n) is 10.1. The highest BCUT2D eigenvalue weighted by Crippen LogP contribution is 2.14. The SMILES string of the molecule is Cc1cc(NCc2cn(CCO)nn2)ccc1F. The molecule has 0 aliphatic carbocycles. The van der Waals surface area contributed by atoms with Crippen LogP contribution in [0, 0.1) is 12.7 Å². The summed E-state index contributed by atoms with van der Waals surface area (Å²) < 4.78 is 14.6. The summed E-state index contributed by atoms with van der Waals surface area (Å²) in [5, 5.41) is 19.7. The second-order valence-electron chi connectivity index (χ2n) is 4.01. The predicted molar refractivity (Wildman–Crippen MR) is 65.6 cm³/mol. The summed E-state index contributed by atoms with van der Waals surface area (Å²) in [5.74, 6) is -0.213. The molecule has 0 radical (unpaired) electrons. The lowest BCUT2D eigenvalue weighted by atomic mass is 10.2. The first-order valence-corrected chi connectivity index (χ1v) is 5.69. The van der Waals surface area contributed by atoms with Gasteiger partial charge in [0, 0.05) is 5.69 Å². The Morgan fingerprint density at radius 3 is 3.00 bits per heavy atom. The van der Waals surface area contributed by atoms with Crippen molar-refractivity contribution in [3.63, 3.8) is 0 Å². The number of benzene rings is 1. The van der Waals surface area contributed by atoms with Crippen molar-refractivity contribution >= 4 is 5.69 Å². The smallest absolute Gasteiger partial charge is 0.126 e. The second-order valence-corrected chi connectivity index (χ2v) is 4.01. The molecule has 0 fully saturated rings. The van der Waals surface area contributed by atoms with E-state index in [4.69, 9.17) is 5.11 Å². The van der Waals surface area contributed by atoms with Gasteiger partial charge in [-0.3, -0.25) is 0 Å². The van der Waals surface area contributed by atoms with Crippen LogP contribution in [0.4, 0.5) is 10.1 Å². The summed E-state index contributed by atoms with van der Waals surface area (Å²) >= 11 is 0. The van der Waals surface area contributed by atoms with Gasteiger partial charge in [0.2, 0.25) is 0 Å². The third-order valence-electron chi connectivity index (χ3n) is 2.55. The van der Waals surface area contributed by atoms with E-state index < -0.39 is 0 Å². The number of hydrogen-bond acceptors (Lipinski definition) is 4. The summed E-state index contributed by atoms with van der Waals surface area (Å²) in [6, 6.07) is 4.86. The average Bonchev–Trinajstić information content (AvgIpc) is 2.79. The molecule has 2 rings (SSSR count). The van der Waals surface area contributed by atoms with Crippen molar-refractivity contribution in [2.24, 2.45) is 0 Å². The molecule has 2 aromatic rings. The fourth-order valence-electron chi connectivity index (χ4n) is 1.58. The van der Waals surface area contributed by atoms with Gasteiger partial charge in [-0.1, -0.05) is 5.21 Å². The lowest BCUT2D eigenvalue weighted by Gasteiger charge is -2.05. The molecule has 0 amide bonds. The molecule has 0 saturated carbocycles. The molecule has 0 saturated heterocycles. The van der Waals surface area contributed by atoms with Crippen molar-refractivity contribution in [3.05, 3.63) is 41.5 Å². The molecule has 0 atom stereocenters. The highest BCUT2D eigenvalue weighted by Gasteiger charge is 2.02. The summed E-state index contributed by atoms with van der Waals surface area (Å²) in [6.07, 6.45) is 1.76. The van der Waals surface area contributed by atoms with Crippen molar-refractivity contribution < 1.29 is 9.50 Å². The van der Waals surface area contributed by atoms with E-state index in [1.165, 1.54) is 6.07 Å². The molecule has 0 aliphatic heterocycles. The van der Waals surface area contributed by atoms with E-state index in [-0.39, 0.29) is 12.4 Å². The molecule has 96 valence electrons. The maximum Gasteiger partial charge on any atom is 0.126 e. The van der Waals surface area contributed by atoms with Gasteiger partial charge in [-0.15, -0.1) is 5.10 Å². The Balaban J connectivity index is 1.95. The van der Waals surface area contributed by atoms with Crippen LogP contribution in [-0.4, -0.2) is 26.7 Å². The molecule has 0 spiro atoms. The summed E-state index contributed by atoms with van der Waals surface area (Å²) in [5.41, 5.74) is 2.21. The molecule has 6 heteroatoms. The lowest BCUT2D eigenvalue weighted by molar-refractivity contribution is 0.268. The minimum Gasteiger partial charge on any atom is -0.394 e. The molecule has 1 heterocycles. The molecule has 0 aliphatic rings. The molecule has 1 aromatic carbocycles. The Bertz CT molecular complexity index is 527. The van der Waals surface area contributed by atoms with E-state index in [0.29, 0.717) is 18.7 Å². The number of aryl methyl sites for hydroxylation is 1. The van der Waals surface area contributed by atoms with Gasteiger partial charge in [-0.2, -0.15) is 0 Å². The Kier molecular flexibility index (Phi) is 3.88. The lowest BCUT2D eigenvalue weighted by Crippen LogP contribution is -2.02. The number of halogens is 1. The van der Waals surface area contributed by atoms with Gasteiger partial charge in [-0.05, 0) is 30.7 Å². The third-order valence-corrected chi connectivity index (χ3v) is 2.55. The number of aliphatic hydroxyl groups excluding tert-OH is 1. The first-order valence-electron chi connectivity index (χ1n) is 5.69. The minimum atomic E-state index is -0.213. The molecular weight excluding hydrogens is 235 g/mol. The van der Waals surface area contributed by atoms with Crippen LogP contribution in [-0.2, 0) is 13.1 Å². The van der Waals surface area contributed by atoms with Crippen molar-refractivity contribution in [1.82, 2.24) is 15.0 Å². The van der Waals surface area contributed by atoms with Crippen LogP contribution in [0.25, 0.3) is 0 Å². The number of anilines is 1. The second kappa shape index (κ2) is 5.59. The van der Waals surface area contributed by atoms with Crippen molar-refractivity contribution in [3.8, 4) is 0 Å². The quantitative estimate of drug-likeness (QED) is 0.840. The van der Waals surface area contributed by atoms with E-state index >= 15 is 0 Å². The average molecular weight is 250 g/mol. The van der Waals surface area contributed by atoms with Gasteiger partial charge >= 0.3 is 0 Å². The maximum absolute atomic E-state index is 13.1. The van der Waals surface area contributed by atoms with Crippen LogP contribution in [0.5, 0.6) is 0 Å². The predicted octanol–water partition coefficient (Wildman–Crippen LogP) is 1.33. The van der Waals surface area contributed by atoms with E-state index in [1.54, 1.807) is 29.9 Å². The van der Waals surface area contributed by atoms with Gasteiger partial charge in [0.05, 0.1) is 25.9 Å². The van der Waals surface area contributed by atoms with E-state index in [1.807, 2.05) is 0 Å². The normalized spacial score (nSPS) is 10.6. The Hall–Kier alpha value is -1.95. The molecule has 18 heavy (non-hydrogen) atoms. The molecule has 0 bridgehead atoms. The van der Waals surface area contributed by atoms with Crippen LogP contribution in [0.1, 0.15) is 11.3 Å².